The average Bonchev–Trinajstić information content (AvgIpc) is 3.19. The van der Waals surface area contributed by atoms with Crippen molar-refractivity contribution in [1.82, 2.24) is 24.8 Å². The molecule has 5 heteroatoms. The van der Waals surface area contributed by atoms with Crippen LogP contribution in [0.15, 0.2) is 24.5 Å². The SMILES string of the molecule is Cc1ccc2[nH]c(CCCN[C@H](C)CCn3ccnc3C)nc2c1C. The van der Waals surface area contributed by atoms with Gasteiger partial charge in [-0.1, -0.05) is 6.07 Å². The van der Waals surface area contributed by atoms with Crippen molar-refractivity contribution in [1.29, 1.82) is 0 Å². The zero-order valence-electron chi connectivity index (χ0n) is 15.8. The van der Waals surface area contributed by atoms with Gasteiger partial charge in [0.25, 0.3) is 0 Å². The Labute approximate surface area is 149 Å². The predicted molar refractivity (Wildman–Crippen MR) is 103 cm³/mol. The number of nitrogens with one attached hydrogen (secondary N) is 2. The molecular weight excluding hydrogens is 310 g/mol. The lowest BCUT2D eigenvalue weighted by Gasteiger charge is -2.14. The Bertz CT molecular complexity index is 830. The van der Waals surface area contributed by atoms with Gasteiger partial charge in [0, 0.05) is 31.4 Å². The number of H-pyrrole nitrogens is 1. The molecule has 3 aromatic rings. The van der Waals surface area contributed by atoms with E-state index in [1.54, 1.807) is 0 Å². The molecule has 0 bridgehead atoms. The number of aromatic amines is 1. The Morgan fingerprint density at radius 2 is 2.08 bits per heavy atom. The van der Waals surface area contributed by atoms with Gasteiger partial charge < -0.3 is 14.9 Å². The molecule has 5 nitrogen and oxygen atoms in total. The molecule has 0 saturated heterocycles. The lowest BCUT2D eigenvalue weighted by Crippen LogP contribution is -2.28. The van der Waals surface area contributed by atoms with E-state index in [2.05, 4.69) is 59.7 Å². The summed E-state index contributed by atoms with van der Waals surface area (Å²) in [7, 11) is 0. The second kappa shape index (κ2) is 7.83. The summed E-state index contributed by atoms with van der Waals surface area (Å²) in [5, 5.41) is 3.61. The molecule has 0 fully saturated rings. The highest BCUT2D eigenvalue weighted by molar-refractivity contribution is 5.79. The van der Waals surface area contributed by atoms with Gasteiger partial charge in [-0.3, -0.25) is 0 Å². The van der Waals surface area contributed by atoms with E-state index in [0.29, 0.717) is 6.04 Å². The fourth-order valence-electron chi connectivity index (χ4n) is 3.16. The van der Waals surface area contributed by atoms with Crippen LogP contribution in [0.3, 0.4) is 0 Å². The van der Waals surface area contributed by atoms with Gasteiger partial charge in [0.1, 0.15) is 11.6 Å². The van der Waals surface area contributed by atoms with Crippen molar-refractivity contribution in [3.05, 3.63) is 47.3 Å². The largest absolute Gasteiger partial charge is 0.342 e. The van der Waals surface area contributed by atoms with Crippen molar-refractivity contribution in [2.45, 2.75) is 59.5 Å². The molecule has 2 heterocycles. The summed E-state index contributed by atoms with van der Waals surface area (Å²) in [5.74, 6) is 2.18. The minimum absolute atomic E-state index is 0.502. The van der Waals surface area contributed by atoms with E-state index in [4.69, 9.17) is 4.98 Å². The number of hydrogen-bond donors (Lipinski definition) is 2. The van der Waals surface area contributed by atoms with Crippen LogP contribution in [0.2, 0.25) is 0 Å². The van der Waals surface area contributed by atoms with Crippen molar-refractivity contribution in [3.8, 4) is 0 Å². The topological polar surface area (TPSA) is 58.5 Å². The smallest absolute Gasteiger partial charge is 0.107 e. The molecule has 0 spiro atoms. The van der Waals surface area contributed by atoms with Gasteiger partial charge >= 0.3 is 0 Å². The molecular formula is C20H29N5. The maximum absolute atomic E-state index is 4.78. The predicted octanol–water partition coefficient (Wildman–Crippen LogP) is 3.69. The molecule has 0 amide bonds. The third-order valence-corrected chi connectivity index (χ3v) is 5.04. The minimum atomic E-state index is 0.502. The number of fused-ring (bicyclic) bond motifs is 1. The van der Waals surface area contributed by atoms with Gasteiger partial charge in [0.2, 0.25) is 0 Å². The van der Waals surface area contributed by atoms with Crippen LogP contribution in [-0.2, 0) is 13.0 Å². The number of imidazole rings is 2. The van der Waals surface area contributed by atoms with Gasteiger partial charge in [0.15, 0.2) is 0 Å². The minimum Gasteiger partial charge on any atom is -0.342 e. The lowest BCUT2D eigenvalue weighted by atomic mass is 10.1. The first kappa shape index (κ1) is 17.7. The second-order valence-corrected chi connectivity index (χ2v) is 7.00. The van der Waals surface area contributed by atoms with E-state index in [1.807, 2.05) is 12.4 Å². The second-order valence-electron chi connectivity index (χ2n) is 7.00. The third-order valence-electron chi connectivity index (χ3n) is 5.04. The van der Waals surface area contributed by atoms with E-state index in [-0.39, 0.29) is 0 Å². The van der Waals surface area contributed by atoms with Crippen molar-refractivity contribution in [2.75, 3.05) is 6.54 Å². The van der Waals surface area contributed by atoms with Crippen LogP contribution in [0.25, 0.3) is 11.0 Å². The quantitative estimate of drug-likeness (QED) is 0.615. The maximum Gasteiger partial charge on any atom is 0.107 e. The maximum atomic E-state index is 4.78. The normalized spacial score (nSPS) is 12.8. The Morgan fingerprint density at radius 3 is 2.84 bits per heavy atom. The molecule has 25 heavy (non-hydrogen) atoms. The highest BCUT2D eigenvalue weighted by Gasteiger charge is 2.07. The first-order valence-corrected chi connectivity index (χ1v) is 9.20. The van der Waals surface area contributed by atoms with Gasteiger partial charge in [-0.15, -0.1) is 0 Å². The molecule has 3 rings (SSSR count). The summed E-state index contributed by atoms with van der Waals surface area (Å²) in [6, 6.07) is 4.79. The Kier molecular flexibility index (Phi) is 5.53. The van der Waals surface area contributed by atoms with Gasteiger partial charge in [-0.2, -0.15) is 0 Å². The van der Waals surface area contributed by atoms with Crippen LogP contribution in [0.5, 0.6) is 0 Å². The van der Waals surface area contributed by atoms with Crippen molar-refractivity contribution >= 4 is 11.0 Å². The Hall–Kier alpha value is -2.14. The van der Waals surface area contributed by atoms with Crippen molar-refractivity contribution < 1.29 is 0 Å². The summed E-state index contributed by atoms with van der Waals surface area (Å²) in [6.07, 6.45) is 7.09. The van der Waals surface area contributed by atoms with Crippen LogP contribution < -0.4 is 5.32 Å². The van der Waals surface area contributed by atoms with Crippen LogP contribution in [0.4, 0.5) is 0 Å². The van der Waals surface area contributed by atoms with Crippen LogP contribution >= 0.6 is 0 Å². The van der Waals surface area contributed by atoms with E-state index < -0.39 is 0 Å². The van der Waals surface area contributed by atoms with E-state index in [0.717, 1.165) is 55.0 Å². The number of aromatic nitrogens is 4. The summed E-state index contributed by atoms with van der Waals surface area (Å²) in [5.41, 5.74) is 4.85. The molecule has 1 aromatic carbocycles. The molecule has 2 aromatic heterocycles. The molecule has 0 aliphatic rings. The molecule has 2 N–H and O–H groups in total. The molecule has 0 saturated carbocycles. The number of benzene rings is 1. The molecule has 134 valence electrons. The number of hydrogen-bond acceptors (Lipinski definition) is 3. The molecule has 0 unspecified atom stereocenters. The van der Waals surface area contributed by atoms with Crippen molar-refractivity contribution in [2.24, 2.45) is 0 Å². The van der Waals surface area contributed by atoms with Crippen molar-refractivity contribution in [3.63, 3.8) is 0 Å². The highest BCUT2D eigenvalue weighted by atomic mass is 15.1. The fourth-order valence-corrected chi connectivity index (χ4v) is 3.16. The molecule has 0 radical (unpaired) electrons. The molecule has 1 atom stereocenters. The number of aryl methyl sites for hydroxylation is 5. The Balaban J connectivity index is 1.42. The van der Waals surface area contributed by atoms with Gasteiger partial charge in [-0.25, -0.2) is 9.97 Å². The molecule has 0 aliphatic heterocycles. The fraction of sp³-hybridized carbons (Fsp3) is 0.500. The summed E-state index contributed by atoms with van der Waals surface area (Å²) in [4.78, 5) is 12.5. The number of nitrogens with zero attached hydrogens (tertiary/aromatic N) is 3. The van der Waals surface area contributed by atoms with E-state index in [1.165, 1.54) is 11.1 Å². The zero-order chi connectivity index (χ0) is 17.8. The van der Waals surface area contributed by atoms with E-state index in [9.17, 15) is 0 Å². The lowest BCUT2D eigenvalue weighted by molar-refractivity contribution is 0.467. The summed E-state index contributed by atoms with van der Waals surface area (Å²) in [6.45, 7) is 10.6. The molecule has 0 aliphatic carbocycles. The first-order chi connectivity index (χ1) is 12.0. The summed E-state index contributed by atoms with van der Waals surface area (Å²) < 4.78 is 2.21. The van der Waals surface area contributed by atoms with Crippen LogP contribution in [-0.4, -0.2) is 32.1 Å². The van der Waals surface area contributed by atoms with Crippen LogP contribution in [0, 0.1) is 20.8 Å². The van der Waals surface area contributed by atoms with Gasteiger partial charge in [-0.05, 0) is 64.3 Å². The van der Waals surface area contributed by atoms with Crippen LogP contribution in [0.1, 0.15) is 42.5 Å². The summed E-state index contributed by atoms with van der Waals surface area (Å²) >= 11 is 0. The van der Waals surface area contributed by atoms with Gasteiger partial charge in [0.05, 0.1) is 11.0 Å². The number of rotatable bonds is 8. The standard InChI is InChI=1S/C20H29N5/c1-14-7-8-18-20(16(14)3)24-19(23-18)6-5-10-21-15(2)9-12-25-13-11-22-17(25)4/h7-8,11,13,15,21H,5-6,9-10,12H2,1-4H3,(H,23,24)/t15-/m1/s1. The Morgan fingerprint density at radius 1 is 1.24 bits per heavy atom. The monoisotopic (exact) mass is 339 g/mol. The zero-order valence-corrected chi connectivity index (χ0v) is 15.8. The highest BCUT2D eigenvalue weighted by Crippen LogP contribution is 2.19. The first-order valence-electron chi connectivity index (χ1n) is 9.20. The average molecular weight is 339 g/mol. The van der Waals surface area contributed by atoms with E-state index >= 15 is 0 Å². The third kappa shape index (κ3) is 4.28.